The fraction of sp³-hybridized carbons (Fsp3) is 0.938. The lowest BCUT2D eigenvalue weighted by Crippen LogP contribution is -2.82. The van der Waals surface area contributed by atoms with Gasteiger partial charge in [0.05, 0.1) is 6.10 Å². The Labute approximate surface area is 123 Å². The van der Waals surface area contributed by atoms with Crippen molar-refractivity contribution in [1.29, 1.82) is 0 Å². The summed E-state index contributed by atoms with van der Waals surface area (Å²) >= 11 is 0. The summed E-state index contributed by atoms with van der Waals surface area (Å²) in [6.45, 7) is 12.8. The first-order valence-corrected chi connectivity index (χ1v) is 7.96. The molecule has 0 spiro atoms. The minimum Gasteiger partial charge on any atom is -0.377 e. The molecule has 2 rings (SSSR count). The molecule has 1 saturated carbocycles. The first-order chi connectivity index (χ1) is 9.26. The third-order valence-electron chi connectivity index (χ3n) is 5.29. The van der Waals surface area contributed by atoms with Crippen molar-refractivity contribution in [2.45, 2.75) is 59.1 Å². The molecule has 0 aromatic heterocycles. The second-order valence-corrected chi connectivity index (χ2v) is 7.37. The van der Waals surface area contributed by atoms with E-state index in [-0.39, 0.29) is 23.3 Å². The Balaban J connectivity index is 2.22. The fourth-order valence-electron chi connectivity index (χ4n) is 4.07. The van der Waals surface area contributed by atoms with Crippen LogP contribution in [0.4, 0.5) is 0 Å². The largest absolute Gasteiger partial charge is 0.377 e. The zero-order valence-corrected chi connectivity index (χ0v) is 13.6. The highest BCUT2D eigenvalue weighted by Gasteiger charge is 2.70. The van der Waals surface area contributed by atoms with E-state index in [1.165, 1.54) is 0 Å². The maximum absolute atomic E-state index is 13.0. The Morgan fingerprint density at radius 3 is 2.65 bits per heavy atom. The second-order valence-electron chi connectivity index (χ2n) is 7.37. The lowest BCUT2D eigenvalue weighted by Gasteiger charge is -2.65. The lowest BCUT2D eigenvalue weighted by atomic mass is 9.46. The molecule has 0 bridgehead atoms. The summed E-state index contributed by atoms with van der Waals surface area (Å²) in [5, 5.41) is 0. The third kappa shape index (κ3) is 2.08. The first kappa shape index (κ1) is 15.8. The number of hydrogen-bond donors (Lipinski definition) is 1. The number of likely N-dealkylation sites (N-methyl/N-ethyl adjacent to an activating group) is 1. The van der Waals surface area contributed by atoms with Crippen molar-refractivity contribution in [3.05, 3.63) is 0 Å². The summed E-state index contributed by atoms with van der Waals surface area (Å²) in [4.78, 5) is 15.0. The Kier molecular flexibility index (Phi) is 4.18. The molecule has 1 aliphatic heterocycles. The van der Waals surface area contributed by atoms with Crippen LogP contribution in [0, 0.1) is 17.3 Å². The summed E-state index contributed by atoms with van der Waals surface area (Å²) < 4.78 is 5.88. The van der Waals surface area contributed by atoms with Gasteiger partial charge in [0.2, 0.25) is 5.91 Å². The molecule has 3 unspecified atom stereocenters. The lowest BCUT2D eigenvalue weighted by molar-refractivity contribution is -0.230. The molecule has 2 fully saturated rings. The van der Waals surface area contributed by atoms with Crippen LogP contribution < -0.4 is 5.73 Å². The molecule has 4 heteroatoms. The quantitative estimate of drug-likeness (QED) is 0.858. The zero-order chi connectivity index (χ0) is 15.1. The van der Waals surface area contributed by atoms with E-state index in [1.54, 1.807) is 0 Å². The van der Waals surface area contributed by atoms with Crippen LogP contribution in [-0.4, -0.2) is 42.1 Å². The number of nitrogens with zero attached hydrogens (tertiary/aromatic N) is 1. The van der Waals surface area contributed by atoms with Crippen LogP contribution in [-0.2, 0) is 9.53 Å². The minimum absolute atomic E-state index is 0.116. The normalized spacial score (nSPS) is 35.4. The van der Waals surface area contributed by atoms with Gasteiger partial charge in [-0.05, 0) is 25.7 Å². The standard InChI is InChI=1S/C16H30N2O2/c1-6-18(10-11(2)3)14(19)16(17)12-8-7-9-20-13(12)15(16,4)5/h11-13H,6-10,17H2,1-5H3. The van der Waals surface area contributed by atoms with Crippen molar-refractivity contribution in [3.63, 3.8) is 0 Å². The van der Waals surface area contributed by atoms with Crippen LogP contribution in [0.2, 0.25) is 0 Å². The Bertz CT molecular complexity index is 381. The molecular weight excluding hydrogens is 252 g/mol. The molecule has 20 heavy (non-hydrogen) atoms. The molecule has 1 aliphatic carbocycles. The molecular formula is C16H30N2O2. The van der Waals surface area contributed by atoms with Gasteiger partial charge in [0.15, 0.2) is 0 Å². The van der Waals surface area contributed by atoms with Crippen LogP contribution in [0.1, 0.15) is 47.5 Å². The number of carbonyl (C=O) groups excluding carboxylic acids is 1. The Morgan fingerprint density at radius 1 is 1.45 bits per heavy atom. The van der Waals surface area contributed by atoms with Crippen LogP contribution >= 0.6 is 0 Å². The molecule has 2 N–H and O–H groups in total. The predicted molar refractivity (Wildman–Crippen MR) is 80.3 cm³/mol. The number of rotatable bonds is 4. The number of nitrogens with two attached hydrogens (primary N) is 1. The van der Waals surface area contributed by atoms with Gasteiger partial charge in [-0.1, -0.05) is 27.7 Å². The maximum atomic E-state index is 13.0. The molecule has 116 valence electrons. The Morgan fingerprint density at radius 2 is 2.10 bits per heavy atom. The second kappa shape index (κ2) is 5.30. The van der Waals surface area contributed by atoms with E-state index >= 15 is 0 Å². The van der Waals surface area contributed by atoms with E-state index in [2.05, 4.69) is 27.7 Å². The van der Waals surface area contributed by atoms with Gasteiger partial charge in [-0.2, -0.15) is 0 Å². The van der Waals surface area contributed by atoms with Crippen molar-refractivity contribution in [2.75, 3.05) is 19.7 Å². The van der Waals surface area contributed by atoms with Gasteiger partial charge in [-0.25, -0.2) is 0 Å². The number of ether oxygens (including phenoxy) is 1. The fourth-order valence-corrected chi connectivity index (χ4v) is 4.07. The highest BCUT2D eigenvalue weighted by Crippen LogP contribution is 2.57. The SMILES string of the molecule is CCN(CC(C)C)C(=O)C1(N)C2CCCOC2C1(C)C. The monoisotopic (exact) mass is 282 g/mol. The van der Waals surface area contributed by atoms with Gasteiger partial charge in [-0.15, -0.1) is 0 Å². The Hall–Kier alpha value is -0.610. The highest BCUT2D eigenvalue weighted by atomic mass is 16.5. The molecule has 2 aliphatic rings. The number of fused-ring (bicyclic) bond motifs is 1. The molecule has 3 atom stereocenters. The van der Waals surface area contributed by atoms with E-state index < -0.39 is 5.54 Å². The van der Waals surface area contributed by atoms with Gasteiger partial charge in [0.25, 0.3) is 0 Å². The highest BCUT2D eigenvalue weighted by molar-refractivity contribution is 5.89. The van der Waals surface area contributed by atoms with Crippen molar-refractivity contribution in [1.82, 2.24) is 4.90 Å². The predicted octanol–water partition coefficient (Wildman–Crippen LogP) is 2.02. The summed E-state index contributed by atoms with van der Waals surface area (Å²) in [5.41, 5.74) is 5.62. The van der Waals surface area contributed by atoms with Crippen LogP contribution in [0.25, 0.3) is 0 Å². The van der Waals surface area contributed by atoms with Gasteiger partial charge in [0.1, 0.15) is 5.54 Å². The van der Waals surface area contributed by atoms with Crippen molar-refractivity contribution in [3.8, 4) is 0 Å². The van der Waals surface area contributed by atoms with Gasteiger partial charge < -0.3 is 15.4 Å². The molecule has 0 aromatic carbocycles. The van der Waals surface area contributed by atoms with E-state index in [4.69, 9.17) is 10.5 Å². The summed E-state index contributed by atoms with van der Waals surface area (Å²) in [7, 11) is 0. The number of hydrogen-bond acceptors (Lipinski definition) is 3. The maximum Gasteiger partial charge on any atom is 0.243 e. The van der Waals surface area contributed by atoms with E-state index in [9.17, 15) is 4.79 Å². The van der Waals surface area contributed by atoms with Crippen molar-refractivity contribution >= 4 is 5.91 Å². The number of amides is 1. The van der Waals surface area contributed by atoms with Gasteiger partial charge in [0, 0.05) is 31.0 Å². The summed E-state index contributed by atoms with van der Waals surface area (Å²) in [6, 6.07) is 0. The molecule has 0 aromatic rings. The molecule has 1 saturated heterocycles. The first-order valence-electron chi connectivity index (χ1n) is 7.96. The van der Waals surface area contributed by atoms with Crippen LogP contribution in [0.15, 0.2) is 0 Å². The summed E-state index contributed by atoms with van der Waals surface area (Å²) in [5.74, 6) is 0.759. The average molecular weight is 282 g/mol. The van der Waals surface area contributed by atoms with Crippen LogP contribution in [0.3, 0.4) is 0 Å². The van der Waals surface area contributed by atoms with Crippen molar-refractivity contribution in [2.24, 2.45) is 23.0 Å². The topological polar surface area (TPSA) is 55.6 Å². The molecule has 1 amide bonds. The number of carbonyl (C=O) groups is 1. The molecule has 0 radical (unpaired) electrons. The zero-order valence-electron chi connectivity index (χ0n) is 13.6. The average Bonchev–Trinajstić information content (AvgIpc) is 2.42. The van der Waals surface area contributed by atoms with E-state index in [0.717, 1.165) is 32.5 Å². The van der Waals surface area contributed by atoms with Gasteiger partial charge >= 0.3 is 0 Å². The van der Waals surface area contributed by atoms with E-state index in [0.29, 0.717) is 5.92 Å². The van der Waals surface area contributed by atoms with E-state index in [1.807, 2.05) is 11.8 Å². The molecule has 1 heterocycles. The summed E-state index contributed by atoms with van der Waals surface area (Å²) in [6.07, 6.45) is 2.16. The molecule has 4 nitrogen and oxygen atoms in total. The van der Waals surface area contributed by atoms with Crippen LogP contribution in [0.5, 0.6) is 0 Å². The smallest absolute Gasteiger partial charge is 0.243 e. The van der Waals surface area contributed by atoms with Gasteiger partial charge in [-0.3, -0.25) is 4.79 Å². The minimum atomic E-state index is -0.761. The van der Waals surface area contributed by atoms with Crippen molar-refractivity contribution < 1.29 is 9.53 Å². The third-order valence-corrected chi connectivity index (χ3v) is 5.29.